The molecule has 0 aromatic carbocycles. The van der Waals surface area contributed by atoms with E-state index >= 15 is 0 Å². The van der Waals surface area contributed by atoms with Crippen molar-refractivity contribution in [3.63, 3.8) is 0 Å². The molecule has 1 atom stereocenters. The molecule has 0 aliphatic heterocycles. The minimum absolute atomic E-state index is 0.166. The molecule has 106 valence electrons. The first-order valence-electron chi connectivity index (χ1n) is 6.22. The molecule has 1 unspecified atom stereocenters. The van der Waals surface area contributed by atoms with Gasteiger partial charge in [-0.3, -0.25) is 9.59 Å². The first-order chi connectivity index (χ1) is 8.17. The molecule has 0 amide bonds. The second kappa shape index (κ2) is 6.73. The van der Waals surface area contributed by atoms with Gasteiger partial charge in [0.2, 0.25) is 0 Å². The van der Waals surface area contributed by atoms with Gasteiger partial charge in [0, 0.05) is 6.54 Å². The molecule has 0 aliphatic rings. The quantitative estimate of drug-likeness (QED) is 0.731. The predicted molar refractivity (Wildman–Crippen MR) is 68.8 cm³/mol. The monoisotopic (exact) mass is 259 g/mol. The molecule has 0 saturated carbocycles. The van der Waals surface area contributed by atoms with Gasteiger partial charge in [-0.05, 0) is 41.0 Å². The van der Waals surface area contributed by atoms with E-state index in [4.69, 9.17) is 15.2 Å². The van der Waals surface area contributed by atoms with Crippen LogP contribution in [-0.4, -0.2) is 31.7 Å². The van der Waals surface area contributed by atoms with Crippen LogP contribution in [0.25, 0.3) is 0 Å². The molecule has 0 aromatic rings. The maximum Gasteiger partial charge on any atom is 0.313 e. The molecule has 2 N–H and O–H groups in total. The molecular formula is C13H25NO4. The SMILES string of the molecule is CCOC(=O)C(C)(CN)CCOC(=O)C(C)(C)C. The normalized spacial score (nSPS) is 14.8. The van der Waals surface area contributed by atoms with E-state index in [1.807, 2.05) is 0 Å². The Morgan fingerprint density at radius 1 is 1.06 bits per heavy atom. The molecule has 18 heavy (non-hydrogen) atoms. The molecule has 0 aromatic heterocycles. The lowest BCUT2D eigenvalue weighted by Crippen LogP contribution is -2.39. The minimum Gasteiger partial charge on any atom is -0.466 e. The van der Waals surface area contributed by atoms with Gasteiger partial charge in [0.15, 0.2) is 0 Å². The van der Waals surface area contributed by atoms with Crippen LogP contribution in [0.5, 0.6) is 0 Å². The Labute approximate surface area is 109 Å². The molecule has 0 spiro atoms. The summed E-state index contributed by atoms with van der Waals surface area (Å²) in [5.41, 5.74) is 4.26. The number of carbonyl (C=O) groups excluding carboxylic acids is 2. The fourth-order valence-corrected chi connectivity index (χ4v) is 1.18. The van der Waals surface area contributed by atoms with Crippen LogP contribution in [0.3, 0.4) is 0 Å². The van der Waals surface area contributed by atoms with Crippen LogP contribution in [-0.2, 0) is 19.1 Å². The lowest BCUT2D eigenvalue weighted by Gasteiger charge is -2.26. The highest BCUT2D eigenvalue weighted by molar-refractivity contribution is 5.77. The molecular weight excluding hydrogens is 234 g/mol. The highest BCUT2D eigenvalue weighted by Crippen LogP contribution is 2.23. The molecule has 0 radical (unpaired) electrons. The van der Waals surface area contributed by atoms with Crippen molar-refractivity contribution in [2.75, 3.05) is 19.8 Å². The molecule has 0 heterocycles. The Bertz CT molecular complexity index is 296. The average molecular weight is 259 g/mol. The maximum atomic E-state index is 11.7. The third-order valence-electron chi connectivity index (χ3n) is 2.72. The van der Waals surface area contributed by atoms with Crippen LogP contribution in [0.15, 0.2) is 0 Å². The third-order valence-corrected chi connectivity index (χ3v) is 2.72. The number of carbonyl (C=O) groups is 2. The number of rotatable bonds is 6. The fourth-order valence-electron chi connectivity index (χ4n) is 1.18. The molecule has 0 bridgehead atoms. The van der Waals surface area contributed by atoms with E-state index in [0.717, 1.165) is 0 Å². The van der Waals surface area contributed by atoms with Crippen molar-refractivity contribution in [1.29, 1.82) is 0 Å². The van der Waals surface area contributed by atoms with E-state index in [1.165, 1.54) is 0 Å². The van der Waals surface area contributed by atoms with Crippen LogP contribution in [0.2, 0.25) is 0 Å². The average Bonchev–Trinajstić information content (AvgIpc) is 2.27. The van der Waals surface area contributed by atoms with E-state index in [9.17, 15) is 9.59 Å². The second-order valence-corrected chi connectivity index (χ2v) is 5.62. The highest BCUT2D eigenvalue weighted by Gasteiger charge is 2.34. The van der Waals surface area contributed by atoms with Crippen molar-refractivity contribution >= 4 is 11.9 Å². The summed E-state index contributed by atoms with van der Waals surface area (Å²) in [7, 11) is 0. The zero-order chi connectivity index (χ0) is 14.4. The Balaban J connectivity index is 4.32. The zero-order valence-electron chi connectivity index (χ0n) is 12.0. The van der Waals surface area contributed by atoms with E-state index in [-0.39, 0.29) is 25.1 Å². The number of ether oxygens (including phenoxy) is 2. The predicted octanol–water partition coefficient (Wildman–Crippen LogP) is 1.49. The standard InChI is InChI=1S/C13H25NO4/c1-6-17-11(16)13(5,9-14)7-8-18-10(15)12(2,3)4/h6-9,14H2,1-5H3. The van der Waals surface area contributed by atoms with Gasteiger partial charge in [0.05, 0.1) is 24.0 Å². The van der Waals surface area contributed by atoms with Gasteiger partial charge in [0.1, 0.15) is 0 Å². The van der Waals surface area contributed by atoms with Crippen LogP contribution in [0, 0.1) is 10.8 Å². The van der Waals surface area contributed by atoms with E-state index < -0.39 is 10.8 Å². The molecule has 0 saturated heterocycles. The summed E-state index contributed by atoms with van der Waals surface area (Å²) < 4.78 is 10.1. The van der Waals surface area contributed by atoms with Crippen LogP contribution in [0.4, 0.5) is 0 Å². The summed E-state index contributed by atoms with van der Waals surface area (Å²) in [6.45, 7) is 9.45. The number of hydrogen-bond donors (Lipinski definition) is 1. The number of nitrogens with two attached hydrogens (primary N) is 1. The third kappa shape index (κ3) is 5.04. The largest absolute Gasteiger partial charge is 0.466 e. The Hall–Kier alpha value is -1.10. The van der Waals surface area contributed by atoms with Gasteiger partial charge >= 0.3 is 11.9 Å². The molecule has 0 aliphatic carbocycles. The number of hydrogen-bond acceptors (Lipinski definition) is 5. The van der Waals surface area contributed by atoms with Crippen molar-refractivity contribution in [3.05, 3.63) is 0 Å². The van der Waals surface area contributed by atoms with Crippen LogP contribution in [0.1, 0.15) is 41.0 Å². The summed E-state index contributed by atoms with van der Waals surface area (Å²) in [4.78, 5) is 23.3. The smallest absolute Gasteiger partial charge is 0.313 e. The van der Waals surface area contributed by atoms with Crippen molar-refractivity contribution in [2.24, 2.45) is 16.6 Å². The summed E-state index contributed by atoms with van der Waals surface area (Å²) in [5.74, 6) is -0.634. The second-order valence-electron chi connectivity index (χ2n) is 5.62. The van der Waals surface area contributed by atoms with Gasteiger partial charge in [0.25, 0.3) is 0 Å². The molecule has 0 rings (SSSR count). The van der Waals surface area contributed by atoms with E-state index in [0.29, 0.717) is 13.0 Å². The van der Waals surface area contributed by atoms with Crippen molar-refractivity contribution in [1.82, 2.24) is 0 Å². The van der Waals surface area contributed by atoms with Gasteiger partial charge in [-0.2, -0.15) is 0 Å². The molecule has 5 heteroatoms. The van der Waals surface area contributed by atoms with Gasteiger partial charge < -0.3 is 15.2 Å². The van der Waals surface area contributed by atoms with Crippen LogP contribution >= 0.6 is 0 Å². The van der Waals surface area contributed by atoms with Gasteiger partial charge in [-0.25, -0.2) is 0 Å². The highest BCUT2D eigenvalue weighted by atomic mass is 16.5. The van der Waals surface area contributed by atoms with Crippen molar-refractivity contribution in [2.45, 2.75) is 41.0 Å². The zero-order valence-corrected chi connectivity index (χ0v) is 12.0. The van der Waals surface area contributed by atoms with Crippen LogP contribution < -0.4 is 5.73 Å². The first kappa shape index (κ1) is 16.9. The van der Waals surface area contributed by atoms with Crippen molar-refractivity contribution < 1.29 is 19.1 Å². The maximum absolute atomic E-state index is 11.7. The Kier molecular flexibility index (Phi) is 6.32. The summed E-state index contributed by atoms with van der Waals surface area (Å²) >= 11 is 0. The first-order valence-corrected chi connectivity index (χ1v) is 6.22. The topological polar surface area (TPSA) is 78.6 Å². The molecule has 0 fully saturated rings. The lowest BCUT2D eigenvalue weighted by molar-refractivity contribution is -0.160. The van der Waals surface area contributed by atoms with E-state index in [2.05, 4.69) is 0 Å². The summed E-state index contributed by atoms with van der Waals surface area (Å²) in [5, 5.41) is 0. The number of esters is 2. The van der Waals surface area contributed by atoms with Crippen molar-refractivity contribution in [3.8, 4) is 0 Å². The minimum atomic E-state index is -0.797. The summed E-state index contributed by atoms with van der Waals surface area (Å²) in [6, 6.07) is 0. The van der Waals surface area contributed by atoms with Gasteiger partial charge in [-0.15, -0.1) is 0 Å². The molecule has 5 nitrogen and oxygen atoms in total. The lowest BCUT2D eigenvalue weighted by atomic mass is 9.87. The van der Waals surface area contributed by atoms with E-state index in [1.54, 1.807) is 34.6 Å². The Morgan fingerprint density at radius 2 is 1.61 bits per heavy atom. The summed E-state index contributed by atoms with van der Waals surface area (Å²) in [6.07, 6.45) is 0.365. The Morgan fingerprint density at radius 3 is 2.00 bits per heavy atom. The fraction of sp³-hybridized carbons (Fsp3) is 0.846. The van der Waals surface area contributed by atoms with Gasteiger partial charge in [-0.1, -0.05) is 0 Å².